The zero-order chi connectivity index (χ0) is 14.3. The summed E-state index contributed by atoms with van der Waals surface area (Å²) in [5.41, 5.74) is 1.40. The van der Waals surface area contributed by atoms with Crippen LogP contribution in [-0.4, -0.2) is 26.0 Å². The second-order valence-electron chi connectivity index (χ2n) is 4.07. The van der Waals surface area contributed by atoms with Crippen molar-refractivity contribution in [3.8, 4) is 11.4 Å². The van der Waals surface area contributed by atoms with Gasteiger partial charge in [0, 0.05) is 16.8 Å². The Balaban J connectivity index is 2.23. The summed E-state index contributed by atoms with van der Waals surface area (Å²) in [4.78, 5) is 22.4. The van der Waals surface area contributed by atoms with Crippen molar-refractivity contribution in [3.63, 3.8) is 0 Å². The van der Waals surface area contributed by atoms with E-state index < -0.39 is 5.97 Å². The van der Waals surface area contributed by atoms with Crippen LogP contribution >= 0.6 is 23.2 Å². The molecule has 0 aliphatic carbocycles. The van der Waals surface area contributed by atoms with Gasteiger partial charge in [0.2, 0.25) is 0 Å². The summed E-state index contributed by atoms with van der Waals surface area (Å²) in [6.45, 7) is 0. The second-order valence-corrected chi connectivity index (χ2v) is 4.91. The maximum atomic E-state index is 11.1. The van der Waals surface area contributed by atoms with Gasteiger partial charge in [-0.15, -0.1) is 0 Å². The lowest BCUT2D eigenvalue weighted by Gasteiger charge is -2.00. The van der Waals surface area contributed by atoms with Gasteiger partial charge in [0.1, 0.15) is 11.3 Å². The molecule has 20 heavy (non-hydrogen) atoms. The predicted octanol–water partition coefficient (Wildman–Crippen LogP) is 3.63. The number of H-pyrrole nitrogens is 1. The van der Waals surface area contributed by atoms with Crippen LogP contribution in [-0.2, 0) is 0 Å². The molecule has 3 rings (SSSR count). The number of pyridine rings is 1. The topological polar surface area (TPSA) is 78.9 Å². The largest absolute Gasteiger partial charge is 0.478 e. The Kier molecular flexibility index (Phi) is 3.08. The molecule has 3 aromatic rings. The molecule has 0 saturated heterocycles. The highest BCUT2D eigenvalue weighted by Crippen LogP contribution is 2.30. The van der Waals surface area contributed by atoms with Gasteiger partial charge in [-0.1, -0.05) is 23.2 Å². The summed E-state index contributed by atoms with van der Waals surface area (Å²) in [5, 5.41) is 10.1. The highest BCUT2D eigenvalue weighted by atomic mass is 35.5. The first-order valence-electron chi connectivity index (χ1n) is 5.59. The predicted molar refractivity (Wildman–Crippen MR) is 76.3 cm³/mol. The number of aromatic carboxylic acids is 1. The molecular weight excluding hydrogens is 301 g/mol. The lowest BCUT2D eigenvalue weighted by atomic mass is 10.2. The van der Waals surface area contributed by atoms with Gasteiger partial charge < -0.3 is 10.1 Å². The number of hydrogen-bond acceptors (Lipinski definition) is 3. The number of benzene rings is 1. The number of carbonyl (C=O) groups is 1. The van der Waals surface area contributed by atoms with Gasteiger partial charge in [-0.3, -0.25) is 0 Å². The van der Waals surface area contributed by atoms with Crippen molar-refractivity contribution in [3.05, 3.63) is 46.1 Å². The van der Waals surface area contributed by atoms with E-state index in [2.05, 4.69) is 15.0 Å². The number of imidazole rings is 1. The number of fused-ring (bicyclic) bond motifs is 1. The van der Waals surface area contributed by atoms with E-state index in [9.17, 15) is 4.79 Å². The van der Waals surface area contributed by atoms with Crippen molar-refractivity contribution in [2.75, 3.05) is 0 Å². The number of nitrogens with zero attached hydrogens (tertiary/aromatic N) is 2. The maximum Gasteiger partial charge on any atom is 0.338 e. The number of hydrogen-bond donors (Lipinski definition) is 2. The van der Waals surface area contributed by atoms with E-state index in [1.165, 1.54) is 12.3 Å². The van der Waals surface area contributed by atoms with E-state index in [0.29, 0.717) is 32.6 Å². The fourth-order valence-corrected chi connectivity index (χ4v) is 2.39. The zero-order valence-corrected chi connectivity index (χ0v) is 11.4. The third kappa shape index (κ3) is 2.11. The lowest BCUT2D eigenvalue weighted by Crippen LogP contribution is -1.97. The quantitative estimate of drug-likeness (QED) is 0.757. The Morgan fingerprint density at radius 3 is 2.75 bits per heavy atom. The molecular formula is C13H7Cl2N3O2. The van der Waals surface area contributed by atoms with Crippen LogP contribution in [0.25, 0.3) is 22.6 Å². The van der Waals surface area contributed by atoms with Crippen LogP contribution in [0.4, 0.5) is 0 Å². The number of carboxylic acid groups (broad SMARTS) is 1. The molecule has 0 bridgehead atoms. The Morgan fingerprint density at radius 1 is 1.25 bits per heavy atom. The summed E-state index contributed by atoms with van der Waals surface area (Å²) in [5.74, 6) is -0.611. The number of nitrogens with one attached hydrogen (secondary N) is 1. The molecule has 0 unspecified atom stereocenters. The van der Waals surface area contributed by atoms with Gasteiger partial charge in [-0.05, 0) is 24.3 Å². The molecule has 0 saturated carbocycles. The molecule has 0 fully saturated rings. The summed E-state index contributed by atoms with van der Waals surface area (Å²) >= 11 is 12.0. The first-order valence-corrected chi connectivity index (χ1v) is 6.35. The van der Waals surface area contributed by atoms with Crippen molar-refractivity contribution in [1.29, 1.82) is 0 Å². The smallest absolute Gasteiger partial charge is 0.338 e. The molecule has 0 atom stereocenters. The number of halogens is 2. The van der Waals surface area contributed by atoms with E-state index in [0.717, 1.165) is 0 Å². The van der Waals surface area contributed by atoms with Crippen molar-refractivity contribution >= 4 is 40.3 Å². The molecule has 0 aliphatic heterocycles. The Hall–Kier alpha value is -2.11. The Bertz CT molecular complexity index is 830. The highest BCUT2D eigenvalue weighted by molar-refractivity contribution is 6.36. The van der Waals surface area contributed by atoms with E-state index in [1.54, 1.807) is 18.2 Å². The summed E-state index contributed by atoms with van der Waals surface area (Å²) < 4.78 is 0. The summed E-state index contributed by atoms with van der Waals surface area (Å²) in [6, 6.07) is 6.39. The van der Waals surface area contributed by atoms with Crippen LogP contribution in [0, 0.1) is 0 Å². The van der Waals surface area contributed by atoms with E-state index in [1.807, 2.05) is 0 Å². The lowest BCUT2D eigenvalue weighted by molar-refractivity contribution is 0.0699. The van der Waals surface area contributed by atoms with Crippen LogP contribution in [0.2, 0.25) is 10.0 Å². The minimum atomic E-state index is -1.06. The molecule has 2 N–H and O–H groups in total. The Labute approximate surface area is 123 Å². The first-order chi connectivity index (χ1) is 9.56. The molecule has 0 amide bonds. The summed E-state index contributed by atoms with van der Waals surface area (Å²) in [7, 11) is 0. The number of carboxylic acids is 1. The molecule has 2 heterocycles. The minimum absolute atomic E-state index is 0.0857. The monoisotopic (exact) mass is 307 g/mol. The van der Waals surface area contributed by atoms with Crippen LogP contribution in [0.1, 0.15) is 10.4 Å². The van der Waals surface area contributed by atoms with E-state index >= 15 is 0 Å². The molecule has 100 valence electrons. The van der Waals surface area contributed by atoms with Gasteiger partial charge >= 0.3 is 5.97 Å². The van der Waals surface area contributed by atoms with Crippen molar-refractivity contribution < 1.29 is 9.90 Å². The van der Waals surface area contributed by atoms with Gasteiger partial charge in [0.15, 0.2) is 5.65 Å². The van der Waals surface area contributed by atoms with Gasteiger partial charge in [0.25, 0.3) is 0 Å². The molecule has 0 spiro atoms. The number of rotatable bonds is 2. The van der Waals surface area contributed by atoms with Crippen molar-refractivity contribution in [2.45, 2.75) is 0 Å². The molecule has 0 radical (unpaired) electrons. The molecule has 7 heteroatoms. The van der Waals surface area contributed by atoms with Gasteiger partial charge in [-0.2, -0.15) is 0 Å². The Morgan fingerprint density at radius 2 is 2.05 bits per heavy atom. The van der Waals surface area contributed by atoms with Crippen molar-refractivity contribution in [1.82, 2.24) is 15.0 Å². The fourth-order valence-electron chi connectivity index (χ4n) is 1.89. The average molecular weight is 308 g/mol. The summed E-state index contributed by atoms with van der Waals surface area (Å²) in [6.07, 6.45) is 1.41. The van der Waals surface area contributed by atoms with Gasteiger partial charge in [-0.25, -0.2) is 14.8 Å². The van der Waals surface area contributed by atoms with Crippen LogP contribution < -0.4 is 0 Å². The molecule has 0 aliphatic rings. The van der Waals surface area contributed by atoms with Crippen LogP contribution in [0.15, 0.2) is 30.5 Å². The third-order valence-electron chi connectivity index (χ3n) is 2.80. The normalized spacial score (nSPS) is 10.9. The fraction of sp³-hybridized carbons (Fsp3) is 0. The molecule has 1 aromatic carbocycles. The van der Waals surface area contributed by atoms with E-state index in [4.69, 9.17) is 28.3 Å². The number of aromatic nitrogens is 3. The molecule has 2 aromatic heterocycles. The second kappa shape index (κ2) is 4.77. The van der Waals surface area contributed by atoms with Gasteiger partial charge in [0.05, 0.1) is 10.6 Å². The first kappa shape index (κ1) is 12.9. The maximum absolute atomic E-state index is 11.1. The zero-order valence-electron chi connectivity index (χ0n) is 9.89. The van der Waals surface area contributed by atoms with Crippen LogP contribution in [0.5, 0.6) is 0 Å². The molecule has 5 nitrogen and oxygen atoms in total. The van der Waals surface area contributed by atoms with Crippen LogP contribution in [0.3, 0.4) is 0 Å². The van der Waals surface area contributed by atoms with E-state index in [-0.39, 0.29) is 5.56 Å². The standard InChI is InChI=1S/C13H7Cl2N3O2/c14-6-1-2-7(9(15)5-6)11-17-10-8(13(19)20)3-4-16-12(10)18-11/h1-5H,(H,19,20)(H,16,17,18). The van der Waals surface area contributed by atoms with Crippen molar-refractivity contribution in [2.24, 2.45) is 0 Å². The highest BCUT2D eigenvalue weighted by Gasteiger charge is 2.15. The average Bonchev–Trinajstić information content (AvgIpc) is 2.81. The SMILES string of the molecule is O=C(O)c1ccnc2[nH]c(-c3ccc(Cl)cc3Cl)nc12. The minimum Gasteiger partial charge on any atom is -0.478 e. The number of aromatic amines is 1. The third-order valence-corrected chi connectivity index (χ3v) is 3.35.